The van der Waals surface area contributed by atoms with Gasteiger partial charge in [0.25, 0.3) is 5.91 Å². The number of hydrogen-bond acceptors (Lipinski definition) is 5. The highest BCUT2D eigenvalue weighted by Crippen LogP contribution is 2.35. The fourth-order valence-corrected chi connectivity index (χ4v) is 4.16. The van der Waals surface area contributed by atoms with Gasteiger partial charge in [-0.3, -0.25) is 9.69 Å². The molecular weight excluding hydrogens is 422 g/mol. The highest BCUT2D eigenvalue weighted by Gasteiger charge is 2.29. The van der Waals surface area contributed by atoms with Crippen LogP contribution in [0.25, 0.3) is 0 Å². The SMILES string of the molecule is CCCCCOc1cc(N2CCCN(Cc3cccc4c3OCC(=O)N4)C2=O)ccc1OC. The zero-order chi connectivity index (χ0) is 23.2. The summed E-state index contributed by atoms with van der Waals surface area (Å²) in [6.45, 7) is 4.45. The summed E-state index contributed by atoms with van der Waals surface area (Å²) >= 11 is 0. The number of unbranched alkanes of at least 4 members (excludes halogenated alkanes) is 2. The third-order valence-electron chi connectivity index (χ3n) is 5.85. The largest absolute Gasteiger partial charge is 0.493 e. The molecule has 176 valence electrons. The Bertz CT molecular complexity index is 1010. The summed E-state index contributed by atoms with van der Waals surface area (Å²) in [5.41, 5.74) is 2.30. The van der Waals surface area contributed by atoms with E-state index in [0.29, 0.717) is 49.2 Å². The molecule has 0 radical (unpaired) electrons. The second-order valence-corrected chi connectivity index (χ2v) is 8.23. The minimum absolute atomic E-state index is 0.0169. The van der Waals surface area contributed by atoms with Gasteiger partial charge in [0.2, 0.25) is 0 Å². The average molecular weight is 454 g/mol. The maximum atomic E-state index is 13.4. The molecule has 3 amide bonds. The fraction of sp³-hybridized carbons (Fsp3) is 0.440. The molecule has 1 saturated heterocycles. The maximum absolute atomic E-state index is 13.4. The molecule has 1 fully saturated rings. The predicted octanol–water partition coefficient (Wildman–Crippen LogP) is 4.43. The molecule has 1 N–H and O–H groups in total. The molecule has 8 heteroatoms. The van der Waals surface area contributed by atoms with Crippen LogP contribution in [0.3, 0.4) is 0 Å². The minimum atomic E-state index is -0.174. The lowest BCUT2D eigenvalue weighted by molar-refractivity contribution is -0.118. The standard InChI is InChI=1S/C25H31N3O5/c1-3-4-5-14-32-22-15-19(10-11-21(22)31-2)28-13-7-12-27(25(28)30)16-18-8-6-9-20-24(18)33-17-23(29)26-20/h6,8-11,15H,3-5,7,12-14,16-17H2,1-2H3,(H,26,29). The van der Waals surface area contributed by atoms with Gasteiger partial charge < -0.3 is 24.4 Å². The minimum Gasteiger partial charge on any atom is -0.493 e. The van der Waals surface area contributed by atoms with Crippen LogP contribution in [0.4, 0.5) is 16.2 Å². The molecule has 0 saturated carbocycles. The van der Waals surface area contributed by atoms with Gasteiger partial charge in [0.1, 0.15) is 5.75 Å². The number of hydrogen-bond donors (Lipinski definition) is 1. The van der Waals surface area contributed by atoms with Crippen molar-refractivity contribution in [2.45, 2.75) is 39.2 Å². The van der Waals surface area contributed by atoms with Gasteiger partial charge in [-0.05, 0) is 31.0 Å². The first kappa shape index (κ1) is 22.8. The Morgan fingerprint density at radius 2 is 1.97 bits per heavy atom. The number of carbonyl (C=O) groups is 2. The number of benzene rings is 2. The van der Waals surface area contributed by atoms with Crippen molar-refractivity contribution in [1.29, 1.82) is 0 Å². The van der Waals surface area contributed by atoms with Gasteiger partial charge in [0, 0.05) is 30.4 Å². The van der Waals surface area contributed by atoms with E-state index < -0.39 is 0 Å². The van der Waals surface area contributed by atoms with Crippen LogP contribution < -0.4 is 24.4 Å². The zero-order valence-corrected chi connectivity index (χ0v) is 19.3. The molecule has 0 aliphatic carbocycles. The summed E-state index contributed by atoms with van der Waals surface area (Å²) in [5, 5.41) is 2.82. The molecule has 2 aromatic carbocycles. The molecule has 0 spiro atoms. The van der Waals surface area contributed by atoms with E-state index in [1.165, 1.54) is 0 Å². The Hall–Kier alpha value is -3.42. The molecule has 33 heavy (non-hydrogen) atoms. The van der Waals surface area contributed by atoms with Gasteiger partial charge >= 0.3 is 6.03 Å². The monoisotopic (exact) mass is 453 g/mol. The van der Waals surface area contributed by atoms with Gasteiger partial charge in [-0.1, -0.05) is 31.9 Å². The molecule has 2 aromatic rings. The van der Waals surface area contributed by atoms with E-state index in [1.54, 1.807) is 18.1 Å². The topological polar surface area (TPSA) is 80.3 Å². The average Bonchev–Trinajstić information content (AvgIpc) is 2.83. The van der Waals surface area contributed by atoms with Gasteiger partial charge in [0.05, 0.1) is 25.9 Å². The van der Waals surface area contributed by atoms with Crippen molar-refractivity contribution in [3.8, 4) is 17.2 Å². The van der Waals surface area contributed by atoms with E-state index in [2.05, 4.69) is 12.2 Å². The molecule has 4 rings (SSSR count). The first-order chi connectivity index (χ1) is 16.1. The highest BCUT2D eigenvalue weighted by atomic mass is 16.5. The Labute approximate surface area is 194 Å². The Morgan fingerprint density at radius 3 is 2.79 bits per heavy atom. The first-order valence-corrected chi connectivity index (χ1v) is 11.5. The molecule has 2 aliphatic heterocycles. The summed E-state index contributed by atoms with van der Waals surface area (Å²) in [6, 6.07) is 11.2. The number of amides is 3. The number of rotatable bonds is 9. The van der Waals surface area contributed by atoms with Crippen molar-refractivity contribution >= 4 is 23.3 Å². The van der Waals surface area contributed by atoms with Crippen LogP contribution in [0.15, 0.2) is 36.4 Å². The number of nitrogens with one attached hydrogen (secondary N) is 1. The summed E-state index contributed by atoms with van der Waals surface area (Å²) in [4.78, 5) is 28.6. The number of carbonyl (C=O) groups excluding carboxylic acids is 2. The second kappa shape index (κ2) is 10.5. The van der Waals surface area contributed by atoms with Crippen LogP contribution in [0.5, 0.6) is 17.2 Å². The number of methoxy groups -OCH3 is 1. The van der Waals surface area contributed by atoms with Crippen molar-refractivity contribution in [3.05, 3.63) is 42.0 Å². The molecule has 0 bridgehead atoms. The van der Waals surface area contributed by atoms with E-state index in [4.69, 9.17) is 14.2 Å². The lowest BCUT2D eigenvalue weighted by Crippen LogP contribution is -2.49. The summed E-state index contributed by atoms with van der Waals surface area (Å²) in [5.74, 6) is 1.77. The third-order valence-corrected chi connectivity index (χ3v) is 5.85. The predicted molar refractivity (Wildman–Crippen MR) is 126 cm³/mol. The molecule has 2 heterocycles. The van der Waals surface area contributed by atoms with Gasteiger partial charge in [0.15, 0.2) is 18.1 Å². The molecule has 0 atom stereocenters. The highest BCUT2D eigenvalue weighted by molar-refractivity contribution is 5.96. The summed E-state index contributed by atoms with van der Waals surface area (Å²) in [7, 11) is 1.62. The van der Waals surface area contributed by atoms with Crippen molar-refractivity contribution in [3.63, 3.8) is 0 Å². The second-order valence-electron chi connectivity index (χ2n) is 8.23. The molecule has 8 nitrogen and oxygen atoms in total. The normalized spacial score (nSPS) is 15.6. The lowest BCUT2D eigenvalue weighted by Gasteiger charge is -2.36. The maximum Gasteiger partial charge on any atom is 0.324 e. The number of fused-ring (bicyclic) bond motifs is 1. The van der Waals surface area contributed by atoms with Gasteiger partial charge in [-0.25, -0.2) is 4.79 Å². The molecular formula is C25H31N3O5. The molecule has 2 aliphatic rings. The Balaban J connectivity index is 1.50. The number of anilines is 2. The summed E-state index contributed by atoms with van der Waals surface area (Å²) < 4.78 is 17.1. The van der Waals surface area contributed by atoms with Crippen molar-refractivity contribution in [2.24, 2.45) is 0 Å². The van der Waals surface area contributed by atoms with E-state index in [-0.39, 0.29) is 18.5 Å². The van der Waals surface area contributed by atoms with Crippen LogP contribution >= 0.6 is 0 Å². The van der Waals surface area contributed by atoms with Crippen molar-refractivity contribution in [2.75, 3.05) is 43.6 Å². The van der Waals surface area contributed by atoms with Crippen molar-refractivity contribution in [1.82, 2.24) is 4.90 Å². The smallest absolute Gasteiger partial charge is 0.324 e. The fourth-order valence-electron chi connectivity index (χ4n) is 4.16. The Kier molecular flexibility index (Phi) is 7.22. The third kappa shape index (κ3) is 5.16. The van der Waals surface area contributed by atoms with Gasteiger partial charge in [-0.2, -0.15) is 0 Å². The molecule has 0 unspecified atom stereocenters. The summed E-state index contributed by atoms with van der Waals surface area (Å²) in [6.07, 6.45) is 4.06. The van der Waals surface area contributed by atoms with E-state index in [9.17, 15) is 9.59 Å². The lowest BCUT2D eigenvalue weighted by atomic mass is 10.1. The van der Waals surface area contributed by atoms with Crippen LogP contribution in [0.1, 0.15) is 38.2 Å². The van der Waals surface area contributed by atoms with Crippen LogP contribution in [0.2, 0.25) is 0 Å². The Morgan fingerprint density at radius 1 is 1.09 bits per heavy atom. The van der Waals surface area contributed by atoms with Crippen molar-refractivity contribution < 1.29 is 23.8 Å². The van der Waals surface area contributed by atoms with E-state index >= 15 is 0 Å². The van der Waals surface area contributed by atoms with E-state index in [0.717, 1.165) is 36.9 Å². The number of nitrogens with zero attached hydrogens (tertiary/aromatic N) is 2. The number of urea groups is 1. The van der Waals surface area contributed by atoms with Crippen LogP contribution in [-0.2, 0) is 11.3 Å². The van der Waals surface area contributed by atoms with Crippen LogP contribution in [0, 0.1) is 0 Å². The van der Waals surface area contributed by atoms with Crippen LogP contribution in [-0.4, -0.2) is 50.3 Å². The van der Waals surface area contributed by atoms with E-state index in [1.807, 2.05) is 35.2 Å². The first-order valence-electron chi connectivity index (χ1n) is 11.5. The quantitative estimate of drug-likeness (QED) is 0.568. The zero-order valence-electron chi connectivity index (χ0n) is 19.3. The number of ether oxygens (including phenoxy) is 3. The molecule has 0 aromatic heterocycles. The number of para-hydroxylation sites is 1. The van der Waals surface area contributed by atoms with Gasteiger partial charge in [-0.15, -0.1) is 0 Å².